The lowest BCUT2D eigenvalue weighted by molar-refractivity contribution is 0.281. The third kappa shape index (κ3) is 3.84. The fourth-order valence-corrected chi connectivity index (χ4v) is 2.85. The Morgan fingerprint density at radius 1 is 1.00 bits per heavy atom. The van der Waals surface area contributed by atoms with Gasteiger partial charge in [0.05, 0.1) is 6.61 Å². The molecule has 21 heavy (non-hydrogen) atoms. The Bertz CT molecular complexity index is 730. The van der Waals surface area contributed by atoms with Gasteiger partial charge in [0.2, 0.25) is 10.0 Å². The quantitative estimate of drug-likeness (QED) is 0.886. The first-order chi connectivity index (χ1) is 9.92. The molecule has 0 fully saturated rings. The molecule has 0 aliphatic carbocycles. The maximum atomic E-state index is 13.6. The van der Waals surface area contributed by atoms with Gasteiger partial charge >= 0.3 is 0 Å². The number of sulfonamides is 1. The van der Waals surface area contributed by atoms with Crippen LogP contribution in [0.5, 0.6) is 0 Å². The second-order valence-corrected chi connectivity index (χ2v) is 6.11. The molecule has 0 aliphatic rings. The summed E-state index contributed by atoms with van der Waals surface area (Å²) in [5.74, 6) is -1.33. The summed E-state index contributed by atoms with van der Waals surface area (Å²) in [6.45, 7) is -0.480. The van der Waals surface area contributed by atoms with Crippen LogP contribution in [0.15, 0.2) is 47.4 Å². The van der Waals surface area contributed by atoms with E-state index in [1.54, 1.807) is 0 Å². The molecule has 0 heterocycles. The molecule has 2 N–H and O–H groups in total. The minimum Gasteiger partial charge on any atom is -0.392 e. The predicted molar refractivity (Wildman–Crippen MR) is 72.7 cm³/mol. The van der Waals surface area contributed by atoms with Gasteiger partial charge in [0.15, 0.2) is 0 Å². The van der Waals surface area contributed by atoms with Crippen LogP contribution in [-0.2, 0) is 23.2 Å². The second kappa shape index (κ2) is 6.30. The summed E-state index contributed by atoms with van der Waals surface area (Å²) in [6, 6.07) is 8.62. The first kappa shape index (κ1) is 15.6. The number of aliphatic hydroxyl groups is 1. The number of hydrogen-bond acceptors (Lipinski definition) is 3. The monoisotopic (exact) mass is 313 g/mol. The molecule has 0 aliphatic heterocycles. The van der Waals surface area contributed by atoms with Gasteiger partial charge in [-0.05, 0) is 35.4 Å². The Morgan fingerprint density at radius 3 is 2.24 bits per heavy atom. The number of benzene rings is 2. The van der Waals surface area contributed by atoms with Crippen molar-refractivity contribution >= 4 is 10.0 Å². The van der Waals surface area contributed by atoms with Crippen LogP contribution < -0.4 is 4.72 Å². The molecule has 7 heteroatoms. The van der Waals surface area contributed by atoms with Crippen molar-refractivity contribution in [3.05, 3.63) is 65.2 Å². The van der Waals surface area contributed by atoms with Crippen LogP contribution in [0, 0.1) is 11.6 Å². The van der Waals surface area contributed by atoms with Crippen molar-refractivity contribution in [1.82, 2.24) is 4.72 Å². The molecule has 0 unspecified atom stereocenters. The van der Waals surface area contributed by atoms with Crippen molar-refractivity contribution < 1.29 is 22.3 Å². The average Bonchev–Trinajstić information content (AvgIpc) is 2.47. The van der Waals surface area contributed by atoms with Crippen LogP contribution >= 0.6 is 0 Å². The van der Waals surface area contributed by atoms with Crippen molar-refractivity contribution in [2.45, 2.75) is 18.0 Å². The Kier molecular flexibility index (Phi) is 4.66. The van der Waals surface area contributed by atoms with Crippen LogP contribution in [0.1, 0.15) is 11.1 Å². The van der Waals surface area contributed by atoms with Gasteiger partial charge in [-0.2, -0.15) is 0 Å². The fraction of sp³-hybridized carbons (Fsp3) is 0.143. The zero-order chi connectivity index (χ0) is 15.5. The number of hydrogen-bond donors (Lipinski definition) is 2. The topological polar surface area (TPSA) is 66.4 Å². The van der Waals surface area contributed by atoms with Gasteiger partial charge in [-0.15, -0.1) is 0 Å². The number of aliphatic hydroxyl groups excluding tert-OH is 1. The molecule has 2 rings (SSSR count). The Balaban J connectivity index is 2.20. The summed E-state index contributed by atoms with van der Waals surface area (Å²) < 4.78 is 52.7. The number of rotatable bonds is 5. The molecule has 0 atom stereocenters. The molecule has 0 saturated heterocycles. The molecular weight excluding hydrogens is 300 g/mol. The third-order valence-corrected chi connectivity index (χ3v) is 4.26. The normalized spacial score (nSPS) is 11.6. The van der Waals surface area contributed by atoms with E-state index in [1.165, 1.54) is 30.3 Å². The van der Waals surface area contributed by atoms with Crippen LogP contribution in [-0.4, -0.2) is 13.5 Å². The molecule has 2 aromatic rings. The van der Waals surface area contributed by atoms with E-state index in [0.717, 1.165) is 12.1 Å². The average molecular weight is 313 g/mol. The zero-order valence-electron chi connectivity index (χ0n) is 10.9. The summed E-state index contributed by atoms with van der Waals surface area (Å²) in [6.07, 6.45) is 0. The third-order valence-electron chi connectivity index (χ3n) is 2.85. The van der Waals surface area contributed by atoms with Crippen molar-refractivity contribution in [3.8, 4) is 0 Å². The van der Waals surface area contributed by atoms with Gasteiger partial charge in [0.1, 0.15) is 16.5 Å². The standard InChI is InChI=1S/C14H13F2NO3S/c15-12-4-1-10(2-5-12)8-17-21(19,20)14-7-11(9-18)3-6-13(14)16/h1-7,17-18H,8-9H2. The van der Waals surface area contributed by atoms with Crippen molar-refractivity contribution in [2.24, 2.45) is 0 Å². The highest BCUT2D eigenvalue weighted by atomic mass is 32.2. The van der Waals surface area contributed by atoms with Crippen molar-refractivity contribution in [1.29, 1.82) is 0 Å². The lowest BCUT2D eigenvalue weighted by Gasteiger charge is -2.09. The Labute approximate surface area is 121 Å². The predicted octanol–water partition coefficient (Wildman–Crippen LogP) is 1.94. The summed E-state index contributed by atoms with van der Waals surface area (Å²) in [7, 11) is -4.06. The first-order valence-electron chi connectivity index (χ1n) is 6.06. The van der Waals surface area contributed by atoms with E-state index in [9.17, 15) is 17.2 Å². The lowest BCUT2D eigenvalue weighted by Crippen LogP contribution is -2.24. The highest BCUT2D eigenvalue weighted by molar-refractivity contribution is 7.89. The molecule has 0 amide bonds. The van der Waals surface area contributed by atoms with Crippen molar-refractivity contribution in [3.63, 3.8) is 0 Å². The van der Waals surface area contributed by atoms with Crippen LogP contribution in [0.3, 0.4) is 0 Å². The van der Waals surface area contributed by atoms with Crippen LogP contribution in [0.25, 0.3) is 0 Å². The summed E-state index contributed by atoms with van der Waals surface area (Å²) in [4.78, 5) is -0.531. The maximum Gasteiger partial charge on any atom is 0.243 e. The van der Waals surface area contributed by atoms with E-state index in [1.807, 2.05) is 0 Å². The van der Waals surface area contributed by atoms with Crippen LogP contribution in [0.4, 0.5) is 8.78 Å². The zero-order valence-corrected chi connectivity index (χ0v) is 11.7. The minimum absolute atomic E-state index is 0.0919. The fourth-order valence-electron chi connectivity index (χ4n) is 1.71. The number of nitrogens with one attached hydrogen (secondary N) is 1. The minimum atomic E-state index is -4.06. The SMILES string of the molecule is O=S(=O)(NCc1ccc(F)cc1)c1cc(CO)ccc1F. The molecule has 0 spiro atoms. The first-order valence-corrected chi connectivity index (χ1v) is 7.54. The molecule has 2 aromatic carbocycles. The largest absolute Gasteiger partial charge is 0.392 e. The molecule has 0 saturated carbocycles. The van der Waals surface area contributed by atoms with Gasteiger partial charge in [-0.1, -0.05) is 18.2 Å². The van der Waals surface area contributed by atoms with Gasteiger partial charge in [-0.3, -0.25) is 0 Å². The lowest BCUT2D eigenvalue weighted by atomic mass is 10.2. The van der Waals surface area contributed by atoms with E-state index in [2.05, 4.69) is 4.72 Å². The van der Waals surface area contributed by atoms with Crippen molar-refractivity contribution in [2.75, 3.05) is 0 Å². The summed E-state index contributed by atoms with van der Waals surface area (Å²) in [5.41, 5.74) is 0.831. The van der Waals surface area contributed by atoms with E-state index in [0.29, 0.717) is 11.1 Å². The smallest absolute Gasteiger partial charge is 0.243 e. The molecule has 4 nitrogen and oxygen atoms in total. The molecule has 0 radical (unpaired) electrons. The molecule has 112 valence electrons. The molecular formula is C14H13F2NO3S. The van der Waals surface area contributed by atoms with Gasteiger partial charge < -0.3 is 5.11 Å². The Morgan fingerprint density at radius 2 is 1.62 bits per heavy atom. The maximum absolute atomic E-state index is 13.6. The Hall–Kier alpha value is -1.83. The second-order valence-electron chi connectivity index (χ2n) is 4.37. The van der Waals surface area contributed by atoms with E-state index < -0.39 is 26.6 Å². The van der Waals surface area contributed by atoms with Gasteiger partial charge in [-0.25, -0.2) is 21.9 Å². The molecule has 0 aromatic heterocycles. The summed E-state index contributed by atoms with van der Waals surface area (Å²) >= 11 is 0. The molecule has 0 bridgehead atoms. The van der Waals surface area contributed by atoms with Gasteiger partial charge in [0, 0.05) is 6.54 Å². The highest BCUT2D eigenvalue weighted by Gasteiger charge is 2.19. The van der Waals surface area contributed by atoms with E-state index in [4.69, 9.17) is 5.11 Å². The van der Waals surface area contributed by atoms with Gasteiger partial charge in [0.25, 0.3) is 0 Å². The van der Waals surface area contributed by atoms with Crippen LogP contribution in [0.2, 0.25) is 0 Å². The van der Waals surface area contributed by atoms with E-state index in [-0.39, 0.29) is 13.2 Å². The number of halogens is 2. The van der Waals surface area contributed by atoms with E-state index >= 15 is 0 Å². The highest BCUT2D eigenvalue weighted by Crippen LogP contribution is 2.17. The summed E-state index contributed by atoms with van der Waals surface area (Å²) in [5, 5.41) is 8.98.